The third-order valence-corrected chi connectivity index (χ3v) is 4.18. The lowest BCUT2D eigenvalue weighted by atomic mass is 9.84. The molecular formula is C16H22N2O2. The van der Waals surface area contributed by atoms with Gasteiger partial charge in [0.1, 0.15) is 11.4 Å². The number of hydrogen-bond donors (Lipinski definition) is 2. The zero-order valence-corrected chi connectivity index (χ0v) is 11.9. The Morgan fingerprint density at radius 1 is 1.30 bits per heavy atom. The molecule has 2 atom stereocenters. The average molecular weight is 274 g/mol. The van der Waals surface area contributed by atoms with Gasteiger partial charge >= 0.3 is 0 Å². The number of carbonyl (C=O) groups is 1. The number of ether oxygens (including phenoxy) is 1. The standard InChI is InChI=1S/C16H22N2O2/c1-2-10-20-14-9-5-8-13-15(14)18-16(19)11-6-3-4-7-12(11)17-13/h5,8-9,11-12,17H,2-4,6-7,10H2,1H3,(H,18,19). The molecule has 2 aliphatic rings. The van der Waals surface area contributed by atoms with Gasteiger partial charge in [-0.15, -0.1) is 0 Å². The number of amides is 1. The van der Waals surface area contributed by atoms with Crippen molar-refractivity contribution in [1.29, 1.82) is 0 Å². The number of rotatable bonds is 3. The summed E-state index contributed by atoms with van der Waals surface area (Å²) in [6, 6.07) is 6.18. The van der Waals surface area contributed by atoms with Crippen LogP contribution in [0, 0.1) is 5.92 Å². The van der Waals surface area contributed by atoms with Crippen LogP contribution < -0.4 is 15.4 Å². The number of benzene rings is 1. The summed E-state index contributed by atoms with van der Waals surface area (Å²) in [4.78, 5) is 12.4. The number of para-hydroxylation sites is 1. The Hall–Kier alpha value is -1.71. The summed E-state index contributed by atoms with van der Waals surface area (Å²) in [5, 5.41) is 6.62. The molecule has 1 aromatic carbocycles. The van der Waals surface area contributed by atoms with Crippen LogP contribution in [0.15, 0.2) is 18.2 Å². The fourth-order valence-electron chi connectivity index (χ4n) is 3.15. The minimum atomic E-state index is 0.0789. The van der Waals surface area contributed by atoms with Gasteiger partial charge in [-0.2, -0.15) is 0 Å². The Bertz CT molecular complexity index is 501. The van der Waals surface area contributed by atoms with Crippen molar-refractivity contribution in [2.24, 2.45) is 5.92 Å². The first-order chi connectivity index (χ1) is 9.79. The lowest BCUT2D eigenvalue weighted by molar-refractivity contribution is -0.120. The van der Waals surface area contributed by atoms with Gasteiger partial charge in [0.05, 0.1) is 18.2 Å². The molecular weight excluding hydrogens is 252 g/mol. The molecule has 2 unspecified atom stereocenters. The first-order valence-electron chi connectivity index (χ1n) is 7.63. The molecule has 0 spiro atoms. The molecule has 0 aromatic heterocycles. The first kappa shape index (κ1) is 13.3. The van der Waals surface area contributed by atoms with E-state index in [2.05, 4.69) is 17.6 Å². The van der Waals surface area contributed by atoms with Crippen molar-refractivity contribution < 1.29 is 9.53 Å². The van der Waals surface area contributed by atoms with Gasteiger partial charge in [-0.05, 0) is 31.4 Å². The van der Waals surface area contributed by atoms with Gasteiger partial charge in [-0.3, -0.25) is 4.79 Å². The van der Waals surface area contributed by atoms with E-state index in [0.717, 1.165) is 42.8 Å². The lowest BCUT2D eigenvalue weighted by Gasteiger charge is -2.29. The number of anilines is 2. The molecule has 1 aliphatic carbocycles. The zero-order chi connectivity index (χ0) is 13.9. The second kappa shape index (κ2) is 5.73. The highest BCUT2D eigenvalue weighted by Gasteiger charge is 2.34. The fraction of sp³-hybridized carbons (Fsp3) is 0.562. The van der Waals surface area contributed by atoms with E-state index in [1.807, 2.05) is 18.2 Å². The molecule has 1 fully saturated rings. The highest BCUT2D eigenvalue weighted by atomic mass is 16.5. The van der Waals surface area contributed by atoms with Gasteiger partial charge in [-0.25, -0.2) is 0 Å². The van der Waals surface area contributed by atoms with Crippen LogP contribution in [0.2, 0.25) is 0 Å². The van der Waals surface area contributed by atoms with E-state index in [1.165, 1.54) is 6.42 Å². The molecule has 2 N–H and O–H groups in total. The molecule has 1 amide bonds. The molecule has 1 heterocycles. The Balaban J connectivity index is 1.91. The molecule has 0 bridgehead atoms. The monoisotopic (exact) mass is 274 g/mol. The van der Waals surface area contributed by atoms with E-state index >= 15 is 0 Å². The minimum Gasteiger partial charge on any atom is -0.491 e. The Kier molecular flexibility index (Phi) is 3.81. The predicted octanol–water partition coefficient (Wildman–Crippen LogP) is 3.40. The highest BCUT2D eigenvalue weighted by Crippen LogP contribution is 2.39. The van der Waals surface area contributed by atoms with Crippen molar-refractivity contribution in [2.45, 2.75) is 45.1 Å². The topological polar surface area (TPSA) is 50.4 Å². The predicted molar refractivity (Wildman–Crippen MR) is 80.2 cm³/mol. The second-order valence-electron chi connectivity index (χ2n) is 5.66. The summed E-state index contributed by atoms with van der Waals surface area (Å²) >= 11 is 0. The molecule has 0 saturated heterocycles. The average Bonchev–Trinajstić information content (AvgIpc) is 2.61. The molecule has 3 rings (SSSR count). The van der Waals surface area contributed by atoms with Crippen LogP contribution in [-0.2, 0) is 4.79 Å². The van der Waals surface area contributed by atoms with Gasteiger partial charge in [0.25, 0.3) is 0 Å². The van der Waals surface area contributed by atoms with Gasteiger partial charge in [-0.1, -0.05) is 25.8 Å². The summed E-state index contributed by atoms with van der Waals surface area (Å²) in [5.74, 6) is 0.979. The van der Waals surface area contributed by atoms with Crippen LogP contribution in [0.4, 0.5) is 11.4 Å². The molecule has 4 heteroatoms. The van der Waals surface area contributed by atoms with Gasteiger partial charge < -0.3 is 15.4 Å². The largest absolute Gasteiger partial charge is 0.491 e. The Morgan fingerprint density at radius 2 is 2.15 bits per heavy atom. The summed E-state index contributed by atoms with van der Waals surface area (Å²) in [7, 11) is 0. The minimum absolute atomic E-state index is 0.0789. The molecule has 20 heavy (non-hydrogen) atoms. The summed E-state index contributed by atoms with van der Waals surface area (Å²) < 4.78 is 5.76. The normalized spacial score (nSPS) is 24.8. The van der Waals surface area contributed by atoms with Crippen LogP contribution >= 0.6 is 0 Å². The second-order valence-corrected chi connectivity index (χ2v) is 5.66. The molecule has 1 aromatic rings. The third-order valence-electron chi connectivity index (χ3n) is 4.18. The van der Waals surface area contributed by atoms with E-state index in [0.29, 0.717) is 6.61 Å². The maximum atomic E-state index is 12.4. The smallest absolute Gasteiger partial charge is 0.229 e. The Labute approximate surface area is 119 Å². The summed E-state index contributed by atoms with van der Waals surface area (Å²) in [6.07, 6.45) is 5.34. The SMILES string of the molecule is CCCOc1cccc2c1NC(=O)C1CCCCC1N2. The lowest BCUT2D eigenvalue weighted by Crippen LogP contribution is -2.37. The molecule has 0 radical (unpaired) electrons. The molecule has 1 saturated carbocycles. The third kappa shape index (κ3) is 2.47. The van der Waals surface area contributed by atoms with Crippen molar-refractivity contribution in [3.8, 4) is 5.75 Å². The summed E-state index contributed by atoms with van der Waals surface area (Å²) in [5.41, 5.74) is 1.79. The molecule has 1 aliphatic heterocycles. The molecule has 108 valence electrons. The zero-order valence-electron chi connectivity index (χ0n) is 11.9. The van der Waals surface area contributed by atoms with Crippen LogP contribution in [0.1, 0.15) is 39.0 Å². The number of carbonyl (C=O) groups excluding carboxylic acids is 1. The van der Waals surface area contributed by atoms with Crippen LogP contribution in [-0.4, -0.2) is 18.6 Å². The fourth-order valence-corrected chi connectivity index (χ4v) is 3.15. The first-order valence-corrected chi connectivity index (χ1v) is 7.63. The number of nitrogens with one attached hydrogen (secondary N) is 2. The quantitative estimate of drug-likeness (QED) is 0.888. The van der Waals surface area contributed by atoms with Crippen molar-refractivity contribution in [3.05, 3.63) is 18.2 Å². The Morgan fingerprint density at radius 3 is 3.00 bits per heavy atom. The number of fused-ring (bicyclic) bond motifs is 2. The highest BCUT2D eigenvalue weighted by molar-refractivity contribution is 6.00. The van der Waals surface area contributed by atoms with Gasteiger partial charge in [0.15, 0.2) is 0 Å². The van der Waals surface area contributed by atoms with Crippen molar-refractivity contribution in [2.75, 3.05) is 17.2 Å². The maximum Gasteiger partial charge on any atom is 0.229 e. The van der Waals surface area contributed by atoms with Crippen molar-refractivity contribution in [3.63, 3.8) is 0 Å². The maximum absolute atomic E-state index is 12.4. The van der Waals surface area contributed by atoms with E-state index in [4.69, 9.17) is 4.74 Å². The van der Waals surface area contributed by atoms with Gasteiger partial charge in [0.2, 0.25) is 5.91 Å². The molecule has 4 nitrogen and oxygen atoms in total. The van der Waals surface area contributed by atoms with Crippen molar-refractivity contribution in [1.82, 2.24) is 0 Å². The van der Waals surface area contributed by atoms with E-state index in [1.54, 1.807) is 0 Å². The van der Waals surface area contributed by atoms with Crippen LogP contribution in [0.5, 0.6) is 5.75 Å². The van der Waals surface area contributed by atoms with Crippen LogP contribution in [0.3, 0.4) is 0 Å². The number of hydrogen-bond acceptors (Lipinski definition) is 3. The van der Waals surface area contributed by atoms with E-state index < -0.39 is 0 Å². The van der Waals surface area contributed by atoms with E-state index in [9.17, 15) is 4.79 Å². The van der Waals surface area contributed by atoms with Gasteiger partial charge in [0, 0.05) is 6.04 Å². The van der Waals surface area contributed by atoms with Crippen molar-refractivity contribution >= 4 is 17.3 Å². The van der Waals surface area contributed by atoms with Crippen LogP contribution in [0.25, 0.3) is 0 Å². The van der Waals surface area contributed by atoms with E-state index in [-0.39, 0.29) is 17.9 Å². The summed E-state index contributed by atoms with van der Waals surface area (Å²) in [6.45, 7) is 2.74.